The Labute approximate surface area is 139 Å². The number of benzene rings is 1. The van der Waals surface area contributed by atoms with Gasteiger partial charge in [0.2, 0.25) is 0 Å². The van der Waals surface area contributed by atoms with E-state index < -0.39 is 12.0 Å². The van der Waals surface area contributed by atoms with E-state index >= 15 is 0 Å². The van der Waals surface area contributed by atoms with Gasteiger partial charge in [0.25, 0.3) is 0 Å². The van der Waals surface area contributed by atoms with Gasteiger partial charge in [0.15, 0.2) is 11.8 Å². The number of nitrogens with zero attached hydrogens (tertiary/aromatic N) is 1. The largest absolute Gasteiger partial charge is 0.508 e. The summed E-state index contributed by atoms with van der Waals surface area (Å²) in [6.45, 7) is 3.55. The van der Waals surface area contributed by atoms with Crippen molar-refractivity contribution in [3.63, 3.8) is 0 Å². The van der Waals surface area contributed by atoms with Crippen molar-refractivity contribution in [3.05, 3.63) is 35.4 Å². The number of carboxylic acids is 1. The van der Waals surface area contributed by atoms with Gasteiger partial charge in [0.1, 0.15) is 17.5 Å². The Hall–Kier alpha value is -2.83. The van der Waals surface area contributed by atoms with Crippen LogP contribution in [0.3, 0.4) is 0 Å². The molecule has 1 aromatic carbocycles. The molecule has 1 heterocycles. The predicted octanol–water partition coefficient (Wildman–Crippen LogP) is 2.57. The van der Waals surface area contributed by atoms with E-state index in [4.69, 9.17) is 0 Å². The summed E-state index contributed by atoms with van der Waals surface area (Å²) in [5.41, 5.74) is 0.707. The monoisotopic (exact) mass is 335 g/mol. The zero-order chi connectivity index (χ0) is 18.0. The Morgan fingerprint density at radius 2 is 1.79 bits per heavy atom. The van der Waals surface area contributed by atoms with Gasteiger partial charge in [-0.3, -0.25) is 4.57 Å². The SMILES string of the molecule is CCC(C)C(C(=O)O)n1c(O)cc(Cc2ccc(O)cc2O)c1O. The highest BCUT2D eigenvalue weighted by molar-refractivity contribution is 5.73. The number of carboxylic acid groups (broad SMARTS) is 1. The molecule has 1 aromatic heterocycles. The van der Waals surface area contributed by atoms with E-state index in [9.17, 15) is 30.3 Å². The smallest absolute Gasteiger partial charge is 0.327 e. The molecular weight excluding hydrogens is 314 g/mol. The van der Waals surface area contributed by atoms with Crippen LogP contribution in [0.5, 0.6) is 23.3 Å². The lowest BCUT2D eigenvalue weighted by Gasteiger charge is -2.22. The topological polar surface area (TPSA) is 123 Å². The molecule has 0 spiro atoms. The summed E-state index contributed by atoms with van der Waals surface area (Å²) < 4.78 is 0.989. The Kier molecular flexibility index (Phi) is 4.92. The van der Waals surface area contributed by atoms with E-state index in [0.717, 1.165) is 4.57 Å². The Morgan fingerprint density at radius 1 is 1.12 bits per heavy atom. The first kappa shape index (κ1) is 17.5. The van der Waals surface area contributed by atoms with Gasteiger partial charge in [0, 0.05) is 24.1 Å². The lowest BCUT2D eigenvalue weighted by molar-refractivity contribution is -0.142. The number of aromatic hydroxyl groups is 4. The average Bonchev–Trinajstić information content (AvgIpc) is 2.77. The van der Waals surface area contributed by atoms with E-state index in [1.54, 1.807) is 6.92 Å². The van der Waals surface area contributed by atoms with Crippen LogP contribution in [0.1, 0.15) is 37.4 Å². The molecule has 2 unspecified atom stereocenters. The summed E-state index contributed by atoms with van der Waals surface area (Å²) in [4.78, 5) is 11.6. The third-order valence-corrected chi connectivity index (χ3v) is 4.23. The summed E-state index contributed by atoms with van der Waals surface area (Å²) in [5.74, 6) is -2.41. The highest BCUT2D eigenvalue weighted by Gasteiger charge is 2.31. The second kappa shape index (κ2) is 6.74. The van der Waals surface area contributed by atoms with Crippen LogP contribution in [-0.4, -0.2) is 36.1 Å². The van der Waals surface area contributed by atoms with Gasteiger partial charge in [-0.1, -0.05) is 26.3 Å². The molecule has 0 saturated heterocycles. The Bertz CT molecular complexity index is 752. The van der Waals surface area contributed by atoms with Crippen molar-refractivity contribution < 1.29 is 30.3 Å². The predicted molar refractivity (Wildman–Crippen MR) is 86.5 cm³/mol. The van der Waals surface area contributed by atoms with E-state index in [1.807, 2.05) is 6.92 Å². The molecule has 0 aliphatic rings. The lowest BCUT2D eigenvalue weighted by Crippen LogP contribution is -2.25. The number of phenolic OH excluding ortho intramolecular Hbond substituents is 2. The van der Waals surface area contributed by atoms with Crippen molar-refractivity contribution in [2.24, 2.45) is 5.92 Å². The third kappa shape index (κ3) is 3.24. The maximum atomic E-state index is 11.6. The maximum Gasteiger partial charge on any atom is 0.327 e. The third-order valence-electron chi connectivity index (χ3n) is 4.23. The second-order valence-electron chi connectivity index (χ2n) is 5.88. The number of carbonyl (C=O) groups is 1. The van der Waals surface area contributed by atoms with Gasteiger partial charge in [0.05, 0.1) is 0 Å². The number of aromatic nitrogens is 1. The van der Waals surface area contributed by atoms with Crippen LogP contribution in [0.15, 0.2) is 24.3 Å². The van der Waals surface area contributed by atoms with Crippen LogP contribution in [0.4, 0.5) is 0 Å². The van der Waals surface area contributed by atoms with E-state index in [1.165, 1.54) is 24.3 Å². The zero-order valence-electron chi connectivity index (χ0n) is 13.5. The molecular formula is C17H21NO6. The number of hydrogen-bond donors (Lipinski definition) is 5. The zero-order valence-corrected chi connectivity index (χ0v) is 13.5. The summed E-state index contributed by atoms with van der Waals surface area (Å²) in [6.07, 6.45) is 0.632. The summed E-state index contributed by atoms with van der Waals surface area (Å²) in [5, 5.41) is 49.1. The Morgan fingerprint density at radius 3 is 2.33 bits per heavy atom. The average molecular weight is 335 g/mol. The van der Waals surface area contributed by atoms with Gasteiger partial charge in [-0.2, -0.15) is 0 Å². The van der Waals surface area contributed by atoms with Crippen LogP contribution in [0, 0.1) is 5.92 Å². The molecule has 0 aliphatic heterocycles. The number of phenols is 2. The van der Waals surface area contributed by atoms with Crippen LogP contribution < -0.4 is 0 Å². The minimum absolute atomic E-state index is 0.0748. The molecule has 5 N–H and O–H groups in total. The van der Waals surface area contributed by atoms with Crippen molar-refractivity contribution in [3.8, 4) is 23.3 Å². The normalized spacial score (nSPS) is 13.6. The lowest BCUT2D eigenvalue weighted by atomic mass is 9.99. The summed E-state index contributed by atoms with van der Waals surface area (Å²) in [6, 6.07) is 4.23. The van der Waals surface area contributed by atoms with Gasteiger partial charge in [-0.05, 0) is 17.5 Å². The first-order valence-corrected chi connectivity index (χ1v) is 7.61. The van der Waals surface area contributed by atoms with E-state index in [0.29, 0.717) is 12.0 Å². The van der Waals surface area contributed by atoms with Gasteiger partial charge < -0.3 is 25.5 Å². The highest BCUT2D eigenvalue weighted by atomic mass is 16.4. The molecule has 0 bridgehead atoms. The highest BCUT2D eigenvalue weighted by Crippen LogP contribution is 2.37. The molecule has 0 saturated carbocycles. The fraction of sp³-hybridized carbons (Fsp3) is 0.353. The molecule has 7 heteroatoms. The van der Waals surface area contributed by atoms with Gasteiger partial charge in [-0.25, -0.2) is 4.79 Å². The number of hydrogen-bond acceptors (Lipinski definition) is 5. The first-order valence-electron chi connectivity index (χ1n) is 7.61. The molecule has 0 aliphatic carbocycles. The quantitative estimate of drug-likeness (QED) is 0.553. The van der Waals surface area contributed by atoms with Crippen LogP contribution in [0.2, 0.25) is 0 Å². The summed E-state index contributed by atoms with van der Waals surface area (Å²) >= 11 is 0. The second-order valence-corrected chi connectivity index (χ2v) is 5.88. The van der Waals surface area contributed by atoms with Crippen molar-refractivity contribution in [2.75, 3.05) is 0 Å². The molecule has 2 aromatic rings. The minimum atomic E-state index is -1.15. The molecule has 130 valence electrons. The molecule has 2 rings (SSSR count). The number of aliphatic carboxylic acids is 1. The van der Waals surface area contributed by atoms with Gasteiger partial charge >= 0.3 is 5.97 Å². The van der Waals surface area contributed by atoms with E-state index in [2.05, 4.69) is 0 Å². The van der Waals surface area contributed by atoms with Crippen molar-refractivity contribution in [1.82, 2.24) is 4.57 Å². The Balaban J connectivity index is 2.43. The van der Waals surface area contributed by atoms with Crippen molar-refractivity contribution in [1.29, 1.82) is 0 Å². The molecule has 0 fully saturated rings. The van der Waals surface area contributed by atoms with Crippen molar-refractivity contribution >= 4 is 5.97 Å². The number of rotatable bonds is 6. The fourth-order valence-corrected chi connectivity index (χ4v) is 2.70. The molecule has 24 heavy (non-hydrogen) atoms. The van der Waals surface area contributed by atoms with Crippen molar-refractivity contribution in [2.45, 2.75) is 32.7 Å². The van der Waals surface area contributed by atoms with Crippen LogP contribution >= 0.6 is 0 Å². The minimum Gasteiger partial charge on any atom is -0.508 e. The van der Waals surface area contributed by atoms with Crippen LogP contribution in [0.25, 0.3) is 0 Å². The molecule has 7 nitrogen and oxygen atoms in total. The summed E-state index contributed by atoms with van der Waals surface area (Å²) in [7, 11) is 0. The van der Waals surface area contributed by atoms with Gasteiger partial charge in [-0.15, -0.1) is 0 Å². The molecule has 0 radical (unpaired) electrons. The first-order chi connectivity index (χ1) is 11.3. The fourth-order valence-electron chi connectivity index (χ4n) is 2.70. The van der Waals surface area contributed by atoms with Crippen LogP contribution in [-0.2, 0) is 11.2 Å². The molecule has 0 amide bonds. The standard InChI is InChI=1S/C17H21NO6/c1-3-9(2)15(17(23)24)18-14(21)7-11(16(18)22)6-10-4-5-12(19)8-13(10)20/h4-5,7-9,15,19-22H,3,6H2,1-2H3,(H,23,24). The molecule has 2 atom stereocenters. The van der Waals surface area contributed by atoms with E-state index in [-0.39, 0.29) is 41.2 Å². The maximum absolute atomic E-state index is 11.6.